The Morgan fingerprint density at radius 2 is 1.65 bits per heavy atom. The van der Waals surface area contributed by atoms with E-state index in [0.29, 0.717) is 53.8 Å². The third-order valence-electron chi connectivity index (χ3n) is 5.43. The average Bonchev–Trinajstić information content (AvgIpc) is 2.76. The molecule has 8 heteroatoms. The van der Waals surface area contributed by atoms with Crippen LogP contribution < -0.4 is 20.1 Å². The van der Waals surface area contributed by atoms with Gasteiger partial charge in [0.05, 0.1) is 20.8 Å². The Balaban J connectivity index is 1.46. The SMILES string of the molecule is COc1ccc(NC(=O)CN2CCC(C(=O)Nc3ccc(C)c(Cl)c3)CC2)cc1OC. The second kappa shape index (κ2) is 10.5. The zero-order chi connectivity index (χ0) is 22.4. The Morgan fingerprint density at radius 3 is 2.29 bits per heavy atom. The lowest BCUT2D eigenvalue weighted by Gasteiger charge is -2.30. The summed E-state index contributed by atoms with van der Waals surface area (Å²) in [5, 5.41) is 6.46. The summed E-state index contributed by atoms with van der Waals surface area (Å²) in [7, 11) is 3.12. The van der Waals surface area contributed by atoms with Gasteiger partial charge in [-0.3, -0.25) is 14.5 Å². The Labute approximate surface area is 187 Å². The fourth-order valence-electron chi connectivity index (χ4n) is 3.59. The fourth-order valence-corrected chi connectivity index (χ4v) is 3.77. The van der Waals surface area contributed by atoms with E-state index in [1.165, 1.54) is 0 Å². The molecule has 0 saturated carbocycles. The highest BCUT2D eigenvalue weighted by Gasteiger charge is 2.26. The molecule has 0 aromatic heterocycles. The molecule has 0 atom stereocenters. The monoisotopic (exact) mass is 445 g/mol. The largest absolute Gasteiger partial charge is 0.493 e. The summed E-state index contributed by atoms with van der Waals surface area (Å²) in [6, 6.07) is 10.8. The molecular weight excluding hydrogens is 418 g/mol. The van der Waals surface area contributed by atoms with Gasteiger partial charge in [0.15, 0.2) is 11.5 Å². The van der Waals surface area contributed by atoms with Gasteiger partial charge in [-0.05, 0) is 62.7 Å². The summed E-state index contributed by atoms with van der Waals surface area (Å²) < 4.78 is 10.5. The first-order valence-corrected chi connectivity index (χ1v) is 10.6. The molecule has 31 heavy (non-hydrogen) atoms. The zero-order valence-corrected chi connectivity index (χ0v) is 18.8. The summed E-state index contributed by atoms with van der Waals surface area (Å²) in [6.45, 7) is 3.57. The number of piperidine rings is 1. The summed E-state index contributed by atoms with van der Waals surface area (Å²) in [4.78, 5) is 27.1. The number of rotatable bonds is 7. The minimum absolute atomic E-state index is 0.00523. The highest BCUT2D eigenvalue weighted by molar-refractivity contribution is 6.31. The van der Waals surface area contributed by atoms with Crippen LogP contribution in [0.25, 0.3) is 0 Å². The molecule has 0 unspecified atom stereocenters. The molecule has 3 rings (SSSR count). The predicted molar refractivity (Wildman–Crippen MR) is 122 cm³/mol. The number of anilines is 2. The average molecular weight is 446 g/mol. The van der Waals surface area contributed by atoms with Gasteiger partial charge in [0.2, 0.25) is 11.8 Å². The van der Waals surface area contributed by atoms with Gasteiger partial charge in [0.1, 0.15) is 0 Å². The van der Waals surface area contributed by atoms with Crippen LogP contribution in [-0.2, 0) is 9.59 Å². The summed E-state index contributed by atoms with van der Waals surface area (Å²) in [5.74, 6) is 0.972. The van der Waals surface area contributed by atoms with Crippen LogP contribution in [0.15, 0.2) is 36.4 Å². The van der Waals surface area contributed by atoms with Crippen molar-refractivity contribution < 1.29 is 19.1 Å². The summed E-state index contributed by atoms with van der Waals surface area (Å²) >= 11 is 6.13. The molecule has 0 aliphatic carbocycles. The van der Waals surface area contributed by atoms with Crippen LogP contribution in [-0.4, -0.2) is 50.6 Å². The fraction of sp³-hybridized carbons (Fsp3) is 0.391. The molecule has 1 heterocycles. The molecule has 0 spiro atoms. The van der Waals surface area contributed by atoms with Crippen molar-refractivity contribution in [3.05, 3.63) is 47.0 Å². The van der Waals surface area contributed by atoms with E-state index in [4.69, 9.17) is 21.1 Å². The number of benzene rings is 2. The van der Waals surface area contributed by atoms with Crippen molar-refractivity contribution >= 4 is 34.8 Å². The lowest BCUT2D eigenvalue weighted by atomic mass is 9.95. The number of aryl methyl sites for hydroxylation is 1. The molecule has 0 bridgehead atoms. The number of methoxy groups -OCH3 is 2. The van der Waals surface area contributed by atoms with Gasteiger partial charge in [0, 0.05) is 28.4 Å². The lowest BCUT2D eigenvalue weighted by Crippen LogP contribution is -2.41. The van der Waals surface area contributed by atoms with Crippen molar-refractivity contribution in [1.82, 2.24) is 4.90 Å². The van der Waals surface area contributed by atoms with Crippen molar-refractivity contribution in [2.24, 2.45) is 5.92 Å². The third-order valence-corrected chi connectivity index (χ3v) is 5.84. The minimum Gasteiger partial charge on any atom is -0.493 e. The number of carbonyl (C=O) groups excluding carboxylic acids is 2. The second-order valence-electron chi connectivity index (χ2n) is 7.62. The predicted octanol–water partition coefficient (Wildman–Crippen LogP) is 3.95. The van der Waals surface area contributed by atoms with Gasteiger partial charge in [-0.1, -0.05) is 17.7 Å². The molecule has 2 amide bonds. The third kappa shape index (κ3) is 6.12. The molecule has 166 valence electrons. The molecule has 7 nitrogen and oxygen atoms in total. The van der Waals surface area contributed by atoms with Crippen LogP contribution in [0.1, 0.15) is 18.4 Å². The number of carbonyl (C=O) groups is 2. The second-order valence-corrected chi connectivity index (χ2v) is 8.03. The molecular formula is C23H28ClN3O4. The van der Waals surface area contributed by atoms with Crippen molar-refractivity contribution in [1.29, 1.82) is 0 Å². The first-order chi connectivity index (χ1) is 14.9. The van der Waals surface area contributed by atoms with Gasteiger partial charge in [-0.15, -0.1) is 0 Å². The van der Waals surface area contributed by atoms with E-state index in [-0.39, 0.29) is 24.3 Å². The molecule has 0 radical (unpaired) electrons. The van der Waals surface area contributed by atoms with Crippen molar-refractivity contribution in [3.8, 4) is 11.5 Å². The number of amides is 2. The van der Waals surface area contributed by atoms with Crippen LogP contribution >= 0.6 is 11.6 Å². The molecule has 1 fully saturated rings. The Bertz CT molecular complexity index is 942. The number of hydrogen-bond donors (Lipinski definition) is 2. The van der Waals surface area contributed by atoms with E-state index in [0.717, 1.165) is 5.56 Å². The Morgan fingerprint density at radius 1 is 1.00 bits per heavy atom. The first kappa shape index (κ1) is 22.9. The number of nitrogens with zero attached hydrogens (tertiary/aromatic N) is 1. The smallest absolute Gasteiger partial charge is 0.238 e. The molecule has 1 aliphatic rings. The zero-order valence-electron chi connectivity index (χ0n) is 18.0. The van der Waals surface area contributed by atoms with E-state index >= 15 is 0 Å². The highest BCUT2D eigenvalue weighted by Crippen LogP contribution is 2.30. The molecule has 1 aliphatic heterocycles. The number of ether oxygens (including phenoxy) is 2. The van der Waals surface area contributed by atoms with Crippen molar-refractivity contribution in [2.75, 3.05) is 44.5 Å². The summed E-state index contributed by atoms with van der Waals surface area (Å²) in [6.07, 6.45) is 1.41. The Hall–Kier alpha value is -2.77. The number of hydrogen-bond acceptors (Lipinski definition) is 5. The lowest BCUT2D eigenvalue weighted by molar-refractivity contribution is -0.121. The van der Waals surface area contributed by atoms with Crippen LogP contribution in [0.2, 0.25) is 5.02 Å². The van der Waals surface area contributed by atoms with E-state index < -0.39 is 0 Å². The van der Waals surface area contributed by atoms with E-state index in [1.54, 1.807) is 38.5 Å². The maximum atomic E-state index is 12.6. The maximum absolute atomic E-state index is 12.6. The van der Waals surface area contributed by atoms with Crippen molar-refractivity contribution in [2.45, 2.75) is 19.8 Å². The molecule has 1 saturated heterocycles. The van der Waals surface area contributed by atoms with Crippen LogP contribution in [0.4, 0.5) is 11.4 Å². The Kier molecular flexibility index (Phi) is 7.76. The minimum atomic E-state index is -0.107. The van der Waals surface area contributed by atoms with E-state index in [9.17, 15) is 9.59 Å². The molecule has 2 aromatic rings. The quantitative estimate of drug-likeness (QED) is 0.674. The van der Waals surface area contributed by atoms with Crippen LogP contribution in [0, 0.1) is 12.8 Å². The van der Waals surface area contributed by atoms with Crippen molar-refractivity contribution in [3.63, 3.8) is 0 Å². The highest BCUT2D eigenvalue weighted by atomic mass is 35.5. The molecule has 2 N–H and O–H groups in total. The van der Waals surface area contributed by atoms with Gasteiger partial charge in [-0.25, -0.2) is 0 Å². The first-order valence-electron chi connectivity index (χ1n) is 10.2. The summed E-state index contributed by atoms with van der Waals surface area (Å²) in [5.41, 5.74) is 2.32. The number of nitrogens with one attached hydrogen (secondary N) is 2. The topological polar surface area (TPSA) is 79.9 Å². The normalized spacial score (nSPS) is 14.7. The van der Waals surface area contributed by atoms with Crippen LogP contribution in [0.3, 0.4) is 0 Å². The number of likely N-dealkylation sites (tertiary alicyclic amines) is 1. The number of halogens is 1. The van der Waals surface area contributed by atoms with E-state index in [2.05, 4.69) is 15.5 Å². The molecule has 2 aromatic carbocycles. The standard InChI is InChI=1S/C23H28ClN3O4/c1-15-4-5-17(12-19(15)24)26-23(29)16-8-10-27(11-9-16)14-22(28)25-18-6-7-20(30-2)21(13-18)31-3/h4-7,12-13,16H,8-11,14H2,1-3H3,(H,25,28)(H,26,29). The van der Waals surface area contributed by atoms with Gasteiger partial charge >= 0.3 is 0 Å². The van der Waals surface area contributed by atoms with Gasteiger partial charge in [-0.2, -0.15) is 0 Å². The van der Waals surface area contributed by atoms with Gasteiger partial charge in [0.25, 0.3) is 0 Å². The van der Waals surface area contributed by atoms with Crippen LogP contribution in [0.5, 0.6) is 11.5 Å². The van der Waals surface area contributed by atoms with Gasteiger partial charge < -0.3 is 20.1 Å². The maximum Gasteiger partial charge on any atom is 0.238 e. The van der Waals surface area contributed by atoms with E-state index in [1.807, 2.05) is 19.1 Å².